The summed E-state index contributed by atoms with van der Waals surface area (Å²) >= 11 is 5.95. The Balaban J connectivity index is 2.71. The van der Waals surface area contributed by atoms with E-state index in [9.17, 15) is 4.79 Å². The summed E-state index contributed by atoms with van der Waals surface area (Å²) in [6.07, 6.45) is 4.23. The van der Waals surface area contributed by atoms with Crippen molar-refractivity contribution in [1.29, 1.82) is 0 Å². The summed E-state index contributed by atoms with van der Waals surface area (Å²) in [5, 5.41) is 9.30. The highest BCUT2D eigenvalue weighted by molar-refractivity contribution is 6.33. The van der Waals surface area contributed by atoms with Crippen LogP contribution in [-0.2, 0) is 0 Å². The van der Waals surface area contributed by atoms with Gasteiger partial charge in [0.05, 0.1) is 11.6 Å². The molecule has 0 saturated carbocycles. The van der Waals surface area contributed by atoms with E-state index in [1.165, 1.54) is 12.1 Å². The van der Waals surface area contributed by atoms with Crippen LogP contribution in [0.3, 0.4) is 0 Å². The lowest BCUT2D eigenvalue weighted by atomic mass is 10.1. The zero-order chi connectivity index (χ0) is 13.5. The summed E-state index contributed by atoms with van der Waals surface area (Å²) in [4.78, 5) is 11.1. The largest absolute Gasteiger partial charge is 0.491 e. The number of hydrogen-bond acceptors (Lipinski definition) is 3. The molecule has 0 saturated heterocycles. The van der Waals surface area contributed by atoms with E-state index in [2.05, 4.69) is 6.92 Å². The lowest BCUT2D eigenvalue weighted by Crippen LogP contribution is -2.06. The topological polar surface area (TPSA) is 72.5 Å². The third-order valence-electron chi connectivity index (χ3n) is 2.54. The quantitative estimate of drug-likeness (QED) is 0.587. The Hall–Kier alpha value is -1.42. The van der Waals surface area contributed by atoms with Crippen LogP contribution in [0.5, 0.6) is 5.75 Å². The molecule has 4 nitrogen and oxygen atoms in total. The van der Waals surface area contributed by atoms with Gasteiger partial charge in [0.25, 0.3) is 0 Å². The number of nitrogens with two attached hydrogens (primary N) is 1. The molecule has 5 heteroatoms. The maximum Gasteiger partial charge on any atom is 0.339 e. The molecule has 100 valence electrons. The first-order valence-electron chi connectivity index (χ1n) is 6.01. The van der Waals surface area contributed by atoms with Gasteiger partial charge in [-0.2, -0.15) is 0 Å². The fourth-order valence-corrected chi connectivity index (χ4v) is 1.91. The van der Waals surface area contributed by atoms with Crippen molar-refractivity contribution in [1.82, 2.24) is 0 Å². The van der Waals surface area contributed by atoms with E-state index < -0.39 is 5.97 Å². The summed E-state index contributed by atoms with van der Waals surface area (Å²) < 4.78 is 5.46. The minimum absolute atomic E-state index is 0.00971. The van der Waals surface area contributed by atoms with E-state index in [1.54, 1.807) is 0 Å². The van der Waals surface area contributed by atoms with Crippen LogP contribution in [0.25, 0.3) is 0 Å². The molecule has 0 fully saturated rings. The molecular formula is C13H18ClNO3. The van der Waals surface area contributed by atoms with Gasteiger partial charge in [-0.25, -0.2) is 4.79 Å². The third-order valence-corrected chi connectivity index (χ3v) is 2.82. The Morgan fingerprint density at radius 3 is 2.72 bits per heavy atom. The van der Waals surface area contributed by atoms with Crippen LogP contribution >= 0.6 is 11.6 Å². The fourth-order valence-electron chi connectivity index (χ4n) is 1.62. The fraction of sp³-hybridized carbons (Fsp3) is 0.462. The second-order valence-electron chi connectivity index (χ2n) is 4.09. The summed E-state index contributed by atoms with van der Waals surface area (Å²) in [6, 6.07) is 2.85. The molecule has 3 N–H and O–H groups in total. The number of benzene rings is 1. The predicted molar refractivity (Wildman–Crippen MR) is 72.5 cm³/mol. The van der Waals surface area contributed by atoms with Gasteiger partial charge in [-0.1, -0.05) is 37.8 Å². The van der Waals surface area contributed by atoms with Gasteiger partial charge < -0.3 is 15.6 Å². The normalized spacial score (nSPS) is 10.3. The summed E-state index contributed by atoms with van der Waals surface area (Å²) in [7, 11) is 0. The summed E-state index contributed by atoms with van der Waals surface area (Å²) in [5.74, 6) is -0.886. The zero-order valence-corrected chi connectivity index (χ0v) is 11.2. The maximum atomic E-state index is 11.1. The van der Waals surface area contributed by atoms with Crippen LogP contribution in [0.2, 0.25) is 5.02 Å². The van der Waals surface area contributed by atoms with Gasteiger partial charge in [0.1, 0.15) is 5.56 Å². The van der Waals surface area contributed by atoms with Crippen molar-refractivity contribution in [2.45, 2.75) is 32.6 Å². The average molecular weight is 272 g/mol. The van der Waals surface area contributed by atoms with Crippen molar-refractivity contribution in [2.24, 2.45) is 0 Å². The first-order chi connectivity index (χ1) is 8.56. The number of aromatic carboxylic acids is 1. The second kappa shape index (κ2) is 7.11. The zero-order valence-electron chi connectivity index (χ0n) is 10.4. The molecule has 0 spiro atoms. The van der Waals surface area contributed by atoms with Gasteiger partial charge >= 0.3 is 5.97 Å². The van der Waals surface area contributed by atoms with Crippen LogP contribution in [0.1, 0.15) is 43.0 Å². The molecule has 18 heavy (non-hydrogen) atoms. The predicted octanol–water partition coefficient (Wildman–Crippen LogP) is 3.58. The molecule has 0 amide bonds. The minimum atomic E-state index is -1.09. The third kappa shape index (κ3) is 4.11. The van der Waals surface area contributed by atoms with Gasteiger partial charge in [-0.05, 0) is 18.6 Å². The van der Waals surface area contributed by atoms with Crippen LogP contribution < -0.4 is 10.5 Å². The number of nitrogen functional groups attached to an aromatic ring is 1. The van der Waals surface area contributed by atoms with Gasteiger partial charge in [-0.15, -0.1) is 0 Å². The molecule has 0 aliphatic heterocycles. The number of anilines is 1. The molecular weight excluding hydrogens is 254 g/mol. The van der Waals surface area contributed by atoms with Crippen LogP contribution in [0.15, 0.2) is 12.1 Å². The molecule has 1 aromatic rings. The van der Waals surface area contributed by atoms with Gasteiger partial charge in [0.15, 0.2) is 5.75 Å². The van der Waals surface area contributed by atoms with Crippen molar-refractivity contribution in [3.8, 4) is 5.75 Å². The first-order valence-corrected chi connectivity index (χ1v) is 6.39. The SMILES string of the molecule is CCCCCCOc1c(Cl)cc(N)cc1C(=O)O. The monoisotopic (exact) mass is 271 g/mol. The number of unbranched alkanes of at least 4 members (excludes halogenated alkanes) is 3. The van der Waals surface area contributed by atoms with Crippen molar-refractivity contribution in [2.75, 3.05) is 12.3 Å². The average Bonchev–Trinajstić information content (AvgIpc) is 2.30. The van der Waals surface area contributed by atoms with E-state index in [-0.39, 0.29) is 16.3 Å². The molecule has 1 aromatic carbocycles. The standard InChI is InChI=1S/C13H18ClNO3/c1-2-3-4-5-6-18-12-10(13(16)17)7-9(15)8-11(12)14/h7-8H,2-6,15H2,1H3,(H,16,17). The van der Waals surface area contributed by atoms with Crippen LogP contribution in [0.4, 0.5) is 5.69 Å². The summed E-state index contributed by atoms with van der Waals surface area (Å²) in [5.41, 5.74) is 5.88. The Labute approximate surface area is 112 Å². The van der Waals surface area contributed by atoms with Crippen molar-refractivity contribution >= 4 is 23.3 Å². The lowest BCUT2D eigenvalue weighted by molar-refractivity contribution is 0.0692. The molecule has 0 unspecified atom stereocenters. The number of carboxylic acids is 1. The van der Waals surface area contributed by atoms with E-state index in [0.29, 0.717) is 12.3 Å². The minimum Gasteiger partial charge on any atom is -0.491 e. The van der Waals surface area contributed by atoms with Gasteiger partial charge in [0.2, 0.25) is 0 Å². The maximum absolute atomic E-state index is 11.1. The van der Waals surface area contributed by atoms with E-state index in [0.717, 1.165) is 25.7 Å². The number of halogens is 1. The molecule has 0 radical (unpaired) electrons. The molecule has 0 aromatic heterocycles. The highest BCUT2D eigenvalue weighted by Crippen LogP contribution is 2.31. The second-order valence-corrected chi connectivity index (χ2v) is 4.50. The van der Waals surface area contributed by atoms with E-state index in [1.807, 2.05) is 0 Å². The Kier molecular flexibility index (Phi) is 5.78. The number of hydrogen-bond donors (Lipinski definition) is 2. The van der Waals surface area contributed by atoms with E-state index >= 15 is 0 Å². The van der Waals surface area contributed by atoms with Crippen LogP contribution in [-0.4, -0.2) is 17.7 Å². The molecule has 0 atom stereocenters. The van der Waals surface area contributed by atoms with Crippen LogP contribution in [0, 0.1) is 0 Å². The number of ether oxygens (including phenoxy) is 1. The highest BCUT2D eigenvalue weighted by atomic mass is 35.5. The van der Waals surface area contributed by atoms with E-state index in [4.69, 9.17) is 27.2 Å². The smallest absolute Gasteiger partial charge is 0.339 e. The first kappa shape index (κ1) is 14.6. The van der Waals surface area contributed by atoms with Gasteiger partial charge in [-0.3, -0.25) is 0 Å². The molecule has 0 bridgehead atoms. The molecule has 1 rings (SSSR count). The Bertz CT molecular complexity index is 421. The summed E-state index contributed by atoms with van der Waals surface area (Å²) in [6.45, 7) is 2.59. The van der Waals surface area contributed by atoms with Crippen molar-refractivity contribution < 1.29 is 14.6 Å². The number of rotatable bonds is 7. The van der Waals surface area contributed by atoms with Gasteiger partial charge in [0, 0.05) is 5.69 Å². The number of carboxylic acid groups (broad SMARTS) is 1. The number of carbonyl (C=O) groups is 1. The molecule has 0 aliphatic carbocycles. The lowest BCUT2D eigenvalue weighted by Gasteiger charge is -2.11. The van der Waals surface area contributed by atoms with Crippen molar-refractivity contribution in [3.05, 3.63) is 22.7 Å². The Morgan fingerprint density at radius 1 is 1.39 bits per heavy atom. The molecule has 0 aliphatic rings. The highest BCUT2D eigenvalue weighted by Gasteiger charge is 2.16. The Morgan fingerprint density at radius 2 is 2.11 bits per heavy atom. The van der Waals surface area contributed by atoms with Crippen molar-refractivity contribution in [3.63, 3.8) is 0 Å². The molecule has 0 heterocycles.